The predicted octanol–water partition coefficient (Wildman–Crippen LogP) is 1.69. The summed E-state index contributed by atoms with van der Waals surface area (Å²) in [7, 11) is 0. The van der Waals surface area contributed by atoms with Gasteiger partial charge in [0, 0.05) is 6.07 Å². The highest BCUT2D eigenvalue weighted by atomic mass is 19.1. The summed E-state index contributed by atoms with van der Waals surface area (Å²) in [5.74, 6) is -0.606. The first-order valence-electron chi connectivity index (χ1n) is 6.51. The molecular weight excluding hydrogens is 285 g/mol. The van der Waals surface area contributed by atoms with Crippen molar-refractivity contribution in [2.24, 2.45) is 0 Å². The molecule has 3 rings (SSSR count). The third kappa shape index (κ3) is 2.19. The molecule has 0 aliphatic rings. The highest BCUT2D eigenvalue weighted by molar-refractivity contribution is 5.72. The van der Waals surface area contributed by atoms with Crippen LogP contribution in [0.2, 0.25) is 0 Å². The van der Waals surface area contributed by atoms with Crippen molar-refractivity contribution < 1.29 is 9.12 Å². The van der Waals surface area contributed by atoms with Crippen LogP contribution in [0.15, 0.2) is 53.3 Å². The topological polar surface area (TPSA) is 72.7 Å². The smallest absolute Gasteiger partial charge is 0.361 e. The second-order valence-electron chi connectivity index (χ2n) is 4.76. The zero-order valence-electron chi connectivity index (χ0n) is 11.4. The summed E-state index contributed by atoms with van der Waals surface area (Å²) in [6.07, 6.45) is 0. The fourth-order valence-electron chi connectivity index (χ4n) is 2.35. The van der Waals surface area contributed by atoms with Crippen molar-refractivity contribution in [1.82, 2.24) is 4.57 Å². The fraction of sp³-hybridized carbons (Fsp3) is 0.0625. The van der Waals surface area contributed by atoms with Gasteiger partial charge in [-0.25, -0.2) is 4.39 Å². The SMILES string of the molecule is N#Cc1c(=O)n(Cc2ccccc2)c2ccc(F)cc2[n+]1[O-]. The second-order valence-corrected chi connectivity index (χ2v) is 4.76. The second kappa shape index (κ2) is 5.30. The van der Waals surface area contributed by atoms with Gasteiger partial charge in [0.15, 0.2) is 6.07 Å². The summed E-state index contributed by atoms with van der Waals surface area (Å²) in [5.41, 5.74) is -0.200. The number of halogens is 1. The maximum absolute atomic E-state index is 13.4. The van der Waals surface area contributed by atoms with E-state index in [1.54, 1.807) is 6.07 Å². The Hall–Kier alpha value is -3.20. The Morgan fingerprint density at radius 2 is 1.95 bits per heavy atom. The summed E-state index contributed by atoms with van der Waals surface area (Å²) in [4.78, 5) is 12.3. The van der Waals surface area contributed by atoms with Gasteiger partial charge in [0.1, 0.15) is 11.3 Å². The number of benzene rings is 2. The lowest BCUT2D eigenvalue weighted by molar-refractivity contribution is -0.581. The zero-order valence-corrected chi connectivity index (χ0v) is 11.4. The molecule has 0 saturated heterocycles. The first-order chi connectivity index (χ1) is 10.6. The van der Waals surface area contributed by atoms with Crippen molar-refractivity contribution in [2.75, 3.05) is 0 Å². The zero-order chi connectivity index (χ0) is 15.7. The van der Waals surface area contributed by atoms with Crippen LogP contribution in [0.25, 0.3) is 11.0 Å². The van der Waals surface area contributed by atoms with E-state index in [0.29, 0.717) is 0 Å². The van der Waals surface area contributed by atoms with Gasteiger partial charge in [0.2, 0.25) is 5.52 Å². The van der Waals surface area contributed by atoms with Crippen molar-refractivity contribution in [3.05, 3.63) is 81.2 Å². The van der Waals surface area contributed by atoms with Crippen molar-refractivity contribution in [3.63, 3.8) is 0 Å². The van der Waals surface area contributed by atoms with Gasteiger partial charge in [-0.15, -0.1) is 4.73 Å². The fourth-order valence-corrected chi connectivity index (χ4v) is 2.35. The number of aromatic nitrogens is 2. The van der Waals surface area contributed by atoms with Gasteiger partial charge >= 0.3 is 11.3 Å². The maximum Gasteiger partial charge on any atom is 0.361 e. The minimum atomic E-state index is -0.694. The molecule has 0 saturated carbocycles. The number of nitriles is 1. The molecule has 0 unspecified atom stereocenters. The highest BCUT2D eigenvalue weighted by Crippen LogP contribution is 2.13. The van der Waals surface area contributed by atoms with Crippen LogP contribution in [0.4, 0.5) is 4.39 Å². The largest absolute Gasteiger partial charge is 0.617 e. The molecule has 0 radical (unpaired) electrons. The van der Waals surface area contributed by atoms with E-state index in [0.717, 1.165) is 11.6 Å². The van der Waals surface area contributed by atoms with Crippen molar-refractivity contribution in [1.29, 1.82) is 5.26 Å². The van der Waals surface area contributed by atoms with Crippen LogP contribution in [0, 0.1) is 22.4 Å². The molecule has 108 valence electrons. The summed E-state index contributed by atoms with van der Waals surface area (Å²) in [6.45, 7) is 0.192. The Morgan fingerprint density at radius 3 is 2.64 bits per heavy atom. The Kier molecular flexibility index (Phi) is 3.31. The number of nitrogens with zero attached hydrogens (tertiary/aromatic N) is 3. The lowest BCUT2D eigenvalue weighted by Gasteiger charge is -2.11. The van der Waals surface area contributed by atoms with Crippen LogP contribution in [-0.4, -0.2) is 4.57 Å². The maximum atomic E-state index is 13.4. The molecule has 1 aromatic heterocycles. The van der Waals surface area contributed by atoms with Gasteiger partial charge in [-0.1, -0.05) is 30.3 Å². The van der Waals surface area contributed by atoms with E-state index in [2.05, 4.69) is 0 Å². The molecule has 0 amide bonds. The average Bonchev–Trinajstić information content (AvgIpc) is 2.53. The molecule has 22 heavy (non-hydrogen) atoms. The molecule has 2 aromatic carbocycles. The molecule has 3 aromatic rings. The number of fused-ring (bicyclic) bond motifs is 1. The minimum absolute atomic E-state index is 0.0490. The molecule has 0 bridgehead atoms. The molecule has 0 atom stereocenters. The predicted molar refractivity (Wildman–Crippen MR) is 77.4 cm³/mol. The highest BCUT2D eigenvalue weighted by Gasteiger charge is 2.21. The third-order valence-electron chi connectivity index (χ3n) is 3.39. The minimum Gasteiger partial charge on any atom is -0.617 e. The quantitative estimate of drug-likeness (QED) is 0.533. The Balaban J connectivity index is 2.33. The third-order valence-corrected chi connectivity index (χ3v) is 3.39. The normalized spacial score (nSPS) is 10.5. The van der Waals surface area contributed by atoms with Crippen molar-refractivity contribution in [3.8, 4) is 6.07 Å². The average molecular weight is 295 g/mol. The van der Waals surface area contributed by atoms with Crippen LogP contribution in [0.3, 0.4) is 0 Å². The van der Waals surface area contributed by atoms with E-state index < -0.39 is 17.1 Å². The monoisotopic (exact) mass is 295 g/mol. The molecule has 0 aliphatic carbocycles. The van der Waals surface area contributed by atoms with Gasteiger partial charge in [-0.05, 0) is 17.7 Å². The molecule has 0 aliphatic heterocycles. The van der Waals surface area contributed by atoms with Crippen LogP contribution >= 0.6 is 0 Å². The van der Waals surface area contributed by atoms with Crippen LogP contribution < -0.4 is 10.3 Å². The number of hydrogen-bond acceptors (Lipinski definition) is 3. The molecule has 5 nitrogen and oxygen atoms in total. The molecule has 1 heterocycles. The lowest BCUT2D eigenvalue weighted by atomic mass is 10.2. The summed E-state index contributed by atoms with van der Waals surface area (Å²) >= 11 is 0. The Labute approximate surface area is 124 Å². The summed E-state index contributed by atoms with van der Waals surface area (Å²) in [5, 5.41) is 21.1. The van der Waals surface area contributed by atoms with E-state index in [-0.39, 0.29) is 22.3 Å². The van der Waals surface area contributed by atoms with Gasteiger partial charge < -0.3 is 5.21 Å². The molecule has 0 spiro atoms. The van der Waals surface area contributed by atoms with E-state index in [9.17, 15) is 14.4 Å². The van der Waals surface area contributed by atoms with Crippen LogP contribution in [-0.2, 0) is 6.54 Å². The number of hydrogen-bond donors (Lipinski definition) is 0. The van der Waals surface area contributed by atoms with E-state index in [4.69, 9.17) is 5.26 Å². The van der Waals surface area contributed by atoms with Crippen LogP contribution in [0.5, 0.6) is 0 Å². The molecular formula is C16H10FN3O2. The van der Waals surface area contributed by atoms with Crippen LogP contribution in [0.1, 0.15) is 11.3 Å². The first kappa shape index (κ1) is 13.8. The first-order valence-corrected chi connectivity index (χ1v) is 6.51. The van der Waals surface area contributed by atoms with Gasteiger partial charge in [0.25, 0.3) is 0 Å². The Morgan fingerprint density at radius 1 is 1.23 bits per heavy atom. The van der Waals surface area contributed by atoms with Crippen molar-refractivity contribution >= 4 is 11.0 Å². The van der Waals surface area contributed by atoms with Gasteiger partial charge in [-0.3, -0.25) is 9.36 Å². The standard InChI is InChI=1S/C16H10FN3O2/c17-12-6-7-13-14(8-12)20(22)15(9-18)16(21)19(13)10-11-4-2-1-3-5-11/h1-8H,10H2. The number of rotatable bonds is 2. The Bertz CT molecular complexity index is 959. The molecule has 6 heteroatoms. The molecule has 0 N–H and O–H groups in total. The van der Waals surface area contributed by atoms with E-state index in [1.165, 1.54) is 16.7 Å². The summed E-state index contributed by atoms with van der Waals surface area (Å²) < 4.78 is 14.9. The van der Waals surface area contributed by atoms with Gasteiger partial charge in [0.05, 0.1) is 6.54 Å². The van der Waals surface area contributed by atoms with Crippen molar-refractivity contribution in [2.45, 2.75) is 6.54 Å². The van der Waals surface area contributed by atoms with Gasteiger partial charge in [-0.2, -0.15) is 5.26 Å². The lowest BCUT2D eigenvalue weighted by Crippen LogP contribution is -2.42. The summed E-state index contributed by atoms with van der Waals surface area (Å²) in [6, 6.07) is 14.3. The van der Waals surface area contributed by atoms with E-state index >= 15 is 0 Å². The molecule has 0 fully saturated rings. The van der Waals surface area contributed by atoms with E-state index in [1.807, 2.05) is 30.3 Å².